The second-order valence-corrected chi connectivity index (χ2v) is 8.17. The lowest BCUT2D eigenvalue weighted by Crippen LogP contribution is -2.28. The molecular formula is C18H19F3NO6P. The van der Waals surface area contributed by atoms with Crippen LogP contribution in [-0.4, -0.2) is 22.7 Å². The van der Waals surface area contributed by atoms with Crippen molar-refractivity contribution in [2.24, 2.45) is 5.73 Å². The summed E-state index contributed by atoms with van der Waals surface area (Å²) in [4.78, 5) is 21.5. The number of carbonyl (C=O) groups is 1. The van der Waals surface area contributed by atoms with Crippen molar-refractivity contribution in [3.05, 3.63) is 54.1 Å². The topological polar surface area (TPSA) is 108 Å². The lowest BCUT2D eigenvalue weighted by atomic mass is 10.2. The molecule has 3 atom stereocenters. The molecule has 0 saturated heterocycles. The molecule has 0 amide bonds. The van der Waals surface area contributed by atoms with E-state index >= 15 is 0 Å². The summed E-state index contributed by atoms with van der Waals surface area (Å²) < 4.78 is 65.1. The van der Waals surface area contributed by atoms with Crippen molar-refractivity contribution in [2.75, 3.05) is 0 Å². The third-order valence-corrected chi connectivity index (χ3v) is 5.10. The summed E-state index contributed by atoms with van der Waals surface area (Å²) in [6, 6.07) is 10.1. The molecule has 0 heterocycles. The number of para-hydroxylation sites is 2. The van der Waals surface area contributed by atoms with Crippen LogP contribution < -0.4 is 15.2 Å². The molecule has 0 aliphatic carbocycles. The minimum absolute atomic E-state index is 0.0745. The monoisotopic (exact) mass is 433 g/mol. The minimum atomic E-state index is -4.47. The van der Waals surface area contributed by atoms with E-state index in [1.807, 2.05) is 0 Å². The summed E-state index contributed by atoms with van der Waals surface area (Å²) >= 11 is 0. The molecule has 3 N–H and O–H groups in total. The third-order valence-electron chi connectivity index (χ3n) is 3.63. The van der Waals surface area contributed by atoms with Gasteiger partial charge < -0.3 is 24.6 Å². The van der Waals surface area contributed by atoms with Gasteiger partial charge in [0.05, 0.1) is 5.56 Å². The largest absolute Gasteiger partial charge is 0.475 e. The van der Waals surface area contributed by atoms with E-state index in [1.54, 1.807) is 12.1 Å². The zero-order valence-electron chi connectivity index (χ0n) is 15.4. The molecule has 0 aliphatic heterocycles. The molecule has 2 aromatic rings. The summed E-state index contributed by atoms with van der Waals surface area (Å²) in [6.07, 6.45) is -5.76. The van der Waals surface area contributed by atoms with Crippen molar-refractivity contribution in [1.82, 2.24) is 0 Å². The molecule has 29 heavy (non-hydrogen) atoms. The lowest BCUT2D eigenvalue weighted by Gasteiger charge is -2.20. The maximum absolute atomic E-state index is 12.6. The number of rotatable bonds is 7. The average molecular weight is 433 g/mol. The van der Waals surface area contributed by atoms with Crippen molar-refractivity contribution in [3.8, 4) is 17.2 Å². The molecule has 0 fully saturated rings. The highest BCUT2D eigenvalue weighted by molar-refractivity contribution is 7.54. The summed E-state index contributed by atoms with van der Waals surface area (Å²) in [5, 5.41) is 0. The van der Waals surface area contributed by atoms with Crippen molar-refractivity contribution in [2.45, 2.75) is 31.9 Å². The maximum Gasteiger partial charge on any atom is 0.416 e. The molecule has 7 nitrogen and oxygen atoms in total. The van der Waals surface area contributed by atoms with Crippen LogP contribution in [0.25, 0.3) is 0 Å². The number of ether oxygens (including phenoxy) is 2. The maximum atomic E-state index is 12.6. The Labute approximate surface area is 164 Å². The second kappa shape index (κ2) is 8.86. The van der Waals surface area contributed by atoms with E-state index in [0.717, 1.165) is 24.3 Å². The highest BCUT2D eigenvalue weighted by Gasteiger charge is 2.32. The summed E-state index contributed by atoms with van der Waals surface area (Å²) in [5.74, 6) is -2.08. The molecule has 0 aliphatic rings. The Morgan fingerprint density at radius 2 is 1.62 bits per heavy atom. The fraction of sp³-hybridized carbons (Fsp3) is 0.278. The number of alkyl halides is 3. The molecule has 11 heteroatoms. The summed E-state index contributed by atoms with van der Waals surface area (Å²) in [5.41, 5.74) is 4.47. The molecule has 0 aromatic heterocycles. The molecule has 0 spiro atoms. The second-order valence-electron chi connectivity index (χ2n) is 6.05. The Kier molecular flexibility index (Phi) is 6.94. The quantitative estimate of drug-likeness (QED) is 0.627. The predicted octanol–water partition coefficient (Wildman–Crippen LogP) is 4.30. The Hall–Kier alpha value is -2.55. The van der Waals surface area contributed by atoms with Crippen LogP contribution >= 0.6 is 7.60 Å². The average Bonchev–Trinajstić information content (AvgIpc) is 2.62. The van der Waals surface area contributed by atoms with Gasteiger partial charge >= 0.3 is 19.7 Å². The van der Waals surface area contributed by atoms with Crippen LogP contribution in [-0.2, 0) is 20.1 Å². The molecule has 2 aromatic carbocycles. The zero-order chi connectivity index (χ0) is 21.8. The smallest absolute Gasteiger partial charge is 0.416 e. The van der Waals surface area contributed by atoms with Gasteiger partial charge in [0.25, 0.3) is 0 Å². The van der Waals surface area contributed by atoms with E-state index < -0.39 is 37.2 Å². The van der Waals surface area contributed by atoms with Gasteiger partial charge in [-0.2, -0.15) is 13.2 Å². The standard InChI is InChI=1S/C18H19F3NO6P/c1-11(17(23)28-29(24,25)12(2)22)26-15-5-3-4-6-16(15)27-14-9-7-13(8-10-14)18(19,20)21/h3-12H,22H2,1-2H3,(H,24,25). The third kappa shape index (κ3) is 6.22. The van der Waals surface area contributed by atoms with E-state index in [9.17, 15) is 27.4 Å². The molecule has 0 bridgehead atoms. The van der Waals surface area contributed by atoms with Crippen molar-refractivity contribution >= 4 is 13.6 Å². The highest BCUT2D eigenvalue weighted by Crippen LogP contribution is 2.45. The van der Waals surface area contributed by atoms with Gasteiger partial charge in [0.2, 0.25) is 0 Å². The molecule has 2 rings (SSSR count). The predicted molar refractivity (Wildman–Crippen MR) is 97.6 cm³/mol. The fourth-order valence-electron chi connectivity index (χ4n) is 2.00. The normalized spacial score (nSPS) is 15.7. The van der Waals surface area contributed by atoms with E-state index in [2.05, 4.69) is 4.52 Å². The van der Waals surface area contributed by atoms with Crippen LogP contribution in [0.15, 0.2) is 48.5 Å². The number of benzene rings is 2. The Balaban J connectivity index is 2.12. The van der Waals surface area contributed by atoms with Crippen molar-refractivity contribution in [1.29, 1.82) is 0 Å². The fourth-order valence-corrected chi connectivity index (χ4v) is 2.57. The van der Waals surface area contributed by atoms with Gasteiger partial charge in [-0.1, -0.05) is 12.1 Å². The van der Waals surface area contributed by atoms with E-state index in [0.29, 0.717) is 0 Å². The number of halogens is 3. The van der Waals surface area contributed by atoms with Gasteiger partial charge in [-0.3, -0.25) is 0 Å². The first kappa shape index (κ1) is 22.7. The van der Waals surface area contributed by atoms with E-state index in [1.165, 1.54) is 26.0 Å². The van der Waals surface area contributed by atoms with Crippen LogP contribution in [0.1, 0.15) is 19.4 Å². The van der Waals surface area contributed by atoms with Crippen molar-refractivity contribution in [3.63, 3.8) is 0 Å². The van der Waals surface area contributed by atoms with Crippen LogP contribution in [0.3, 0.4) is 0 Å². The van der Waals surface area contributed by atoms with Gasteiger partial charge in [-0.05, 0) is 50.2 Å². The SMILES string of the molecule is CC(Oc1ccccc1Oc1ccc(C(F)(F)F)cc1)C(=O)OP(=O)(O)C(C)N. The minimum Gasteiger partial charge on any atom is -0.475 e. The summed E-state index contributed by atoms with van der Waals surface area (Å²) in [7, 11) is -4.34. The van der Waals surface area contributed by atoms with Crippen LogP contribution in [0.4, 0.5) is 13.2 Å². The Bertz CT molecular complexity index is 901. The molecule has 3 unspecified atom stereocenters. The number of carbonyl (C=O) groups excluding carboxylic acids is 1. The highest BCUT2D eigenvalue weighted by atomic mass is 31.2. The van der Waals surface area contributed by atoms with Gasteiger partial charge in [0.1, 0.15) is 11.5 Å². The Morgan fingerprint density at radius 3 is 2.14 bits per heavy atom. The van der Waals surface area contributed by atoms with Gasteiger partial charge in [-0.25, -0.2) is 9.36 Å². The van der Waals surface area contributed by atoms with Crippen LogP contribution in [0.5, 0.6) is 17.2 Å². The van der Waals surface area contributed by atoms with Crippen molar-refractivity contribution < 1.29 is 41.4 Å². The first-order valence-corrected chi connectivity index (χ1v) is 9.97. The first-order valence-electron chi connectivity index (χ1n) is 8.32. The number of nitrogens with two attached hydrogens (primary N) is 1. The number of hydrogen-bond donors (Lipinski definition) is 2. The van der Waals surface area contributed by atoms with Gasteiger partial charge in [0, 0.05) is 0 Å². The zero-order valence-corrected chi connectivity index (χ0v) is 16.3. The number of hydrogen-bond acceptors (Lipinski definition) is 6. The summed E-state index contributed by atoms with van der Waals surface area (Å²) in [6.45, 7) is 2.51. The van der Waals surface area contributed by atoms with E-state index in [4.69, 9.17) is 15.2 Å². The Morgan fingerprint density at radius 1 is 1.07 bits per heavy atom. The van der Waals surface area contributed by atoms with Gasteiger partial charge in [-0.15, -0.1) is 0 Å². The molecule has 158 valence electrons. The first-order chi connectivity index (χ1) is 13.4. The molecule has 0 radical (unpaired) electrons. The molecular weight excluding hydrogens is 414 g/mol. The molecule has 0 saturated carbocycles. The lowest BCUT2D eigenvalue weighted by molar-refractivity contribution is -0.142. The van der Waals surface area contributed by atoms with Crippen LogP contribution in [0.2, 0.25) is 0 Å². The van der Waals surface area contributed by atoms with E-state index in [-0.39, 0.29) is 17.2 Å². The van der Waals surface area contributed by atoms with Crippen LogP contribution in [0, 0.1) is 0 Å². The van der Waals surface area contributed by atoms with Gasteiger partial charge in [0.15, 0.2) is 17.6 Å².